The van der Waals surface area contributed by atoms with E-state index in [4.69, 9.17) is 0 Å². The summed E-state index contributed by atoms with van der Waals surface area (Å²) in [4.78, 5) is 12.0. The van der Waals surface area contributed by atoms with Gasteiger partial charge in [-0.3, -0.25) is 4.79 Å². The van der Waals surface area contributed by atoms with Crippen molar-refractivity contribution in [1.29, 1.82) is 0 Å². The van der Waals surface area contributed by atoms with Crippen molar-refractivity contribution in [3.8, 4) is 0 Å². The summed E-state index contributed by atoms with van der Waals surface area (Å²) in [5, 5.41) is 0. The monoisotopic (exact) mass is 322 g/mol. The minimum atomic E-state index is -5.58. The molecule has 0 amide bonds. The molecule has 2 rings (SSSR count). The zero-order valence-corrected chi connectivity index (χ0v) is 10.4. The average molecular weight is 322 g/mol. The Morgan fingerprint density at radius 2 is 1.27 bits per heavy atom. The highest BCUT2D eigenvalue weighted by molar-refractivity contribution is 6.10. The van der Waals surface area contributed by atoms with Crippen molar-refractivity contribution >= 4 is 5.78 Å². The highest BCUT2D eigenvalue weighted by Gasteiger charge is 2.43. The van der Waals surface area contributed by atoms with Crippen LogP contribution in [0.1, 0.15) is 21.5 Å². The maximum atomic E-state index is 13.7. The molecule has 0 saturated carbocycles. The first-order chi connectivity index (χ1) is 10.2. The first-order valence-corrected chi connectivity index (χ1v) is 5.69. The molecule has 0 spiro atoms. The summed E-state index contributed by atoms with van der Waals surface area (Å²) in [6, 6.07) is 6.00. The second kappa shape index (κ2) is 5.43. The van der Waals surface area contributed by atoms with Crippen LogP contribution in [0.5, 0.6) is 0 Å². The zero-order chi connectivity index (χ0) is 16.7. The largest absolute Gasteiger partial charge is 0.420 e. The van der Waals surface area contributed by atoms with Crippen molar-refractivity contribution in [1.82, 2.24) is 0 Å². The third-order valence-corrected chi connectivity index (χ3v) is 2.81. The number of hydrogen-bond donors (Lipinski definition) is 0. The number of halogens is 7. The molecule has 116 valence electrons. The standard InChI is InChI=1S/C14H5F7O/c15-9-7(13(22)6-4-2-1-3-5-6)8(14(19,20)21)10(16)12(18)11(9)17/h1-5H. The summed E-state index contributed by atoms with van der Waals surface area (Å²) in [7, 11) is 0. The first-order valence-electron chi connectivity index (χ1n) is 5.69. The fourth-order valence-electron chi connectivity index (χ4n) is 1.84. The lowest BCUT2D eigenvalue weighted by Gasteiger charge is -2.15. The van der Waals surface area contributed by atoms with Gasteiger partial charge in [-0.15, -0.1) is 0 Å². The molecule has 0 aliphatic carbocycles. The van der Waals surface area contributed by atoms with Gasteiger partial charge in [0.2, 0.25) is 0 Å². The third-order valence-electron chi connectivity index (χ3n) is 2.81. The van der Waals surface area contributed by atoms with Crippen molar-refractivity contribution in [2.45, 2.75) is 6.18 Å². The van der Waals surface area contributed by atoms with Gasteiger partial charge in [-0.25, -0.2) is 17.6 Å². The van der Waals surface area contributed by atoms with Gasteiger partial charge < -0.3 is 0 Å². The van der Waals surface area contributed by atoms with E-state index in [1.165, 1.54) is 18.2 Å². The molecule has 0 heterocycles. The molecule has 0 atom stereocenters. The zero-order valence-electron chi connectivity index (χ0n) is 10.4. The molecule has 0 aromatic heterocycles. The number of carbonyl (C=O) groups is 1. The molecule has 2 aromatic rings. The van der Waals surface area contributed by atoms with E-state index in [2.05, 4.69) is 0 Å². The summed E-state index contributed by atoms with van der Waals surface area (Å²) < 4.78 is 91.8. The lowest BCUT2D eigenvalue weighted by molar-refractivity contribution is -0.141. The van der Waals surface area contributed by atoms with Crippen LogP contribution in [0.15, 0.2) is 30.3 Å². The number of rotatable bonds is 2. The van der Waals surface area contributed by atoms with E-state index in [-0.39, 0.29) is 0 Å². The van der Waals surface area contributed by atoms with Crippen LogP contribution in [0.25, 0.3) is 0 Å². The van der Waals surface area contributed by atoms with E-state index in [1.54, 1.807) is 0 Å². The van der Waals surface area contributed by atoms with Crippen LogP contribution in [0.3, 0.4) is 0 Å². The second-order valence-electron chi connectivity index (χ2n) is 4.20. The van der Waals surface area contributed by atoms with Gasteiger partial charge in [-0.1, -0.05) is 30.3 Å². The van der Waals surface area contributed by atoms with Gasteiger partial charge in [-0.05, 0) is 0 Å². The van der Waals surface area contributed by atoms with Crippen molar-refractivity contribution < 1.29 is 35.5 Å². The molecule has 0 aliphatic rings. The summed E-state index contributed by atoms with van der Waals surface area (Å²) in [6.45, 7) is 0. The number of alkyl halides is 3. The van der Waals surface area contributed by atoms with Gasteiger partial charge in [0, 0.05) is 5.56 Å². The minimum Gasteiger partial charge on any atom is -0.288 e. The van der Waals surface area contributed by atoms with Crippen LogP contribution in [0, 0.1) is 23.3 Å². The molecule has 0 radical (unpaired) electrons. The van der Waals surface area contributed by atoms with Crippen LogP contribution in [-0.2, 0) is 6.18 Å². The number of carbonyl (C=O) groups excluding carboxylic acids is 1. The Morgan fingerprint density at radius 1 is 0.773 bits per heavy atom. The van der Waals surface area contributed by atoms with Crippen molar-refractivity contribution in [2.75, 3.05) is 0 Å². The predicted octanol–water partition coefficient (Wildman–Crippen LogP) is 4.49. The Hall–Kier alpha value is -2.38. The minimum absolute atomic E-state index is 0.433. The van der Waals surface area contributed by atoms with Gasteiger partial charge in [0.1, 0.15) is 5.56 Å². The third kappa shape index (κ3) is 2.56. The molecule has 0 fully saturated rings. The molecule has 0 aliphatic heterocycles. The Labute approximate surface area is 119 Å². The molecular formula is C14H5F7O. The number of benzene rings is 2. The van der Waals surface area contributed by atoms with Gasteiger partial charge in [0.25, 0.3) is 0 Å². The van der Waals surface area contributed by atoms with E-state index in [0.717, 1.165) is 12.1 Å². The quantitative estimate of drug-likeness (QED) is 0.344. The van der Waals surface area contributed by atoms with Crippen molar-refractivity contribution in [2.24, 2.45) is 0 Å². The summed E-state index contributed by atoms with van der Waals surface area (Å²) >= 11 is 0. The van der Waals surface area contributed by atoms with Gasteiger partial charge in [0.05, 0.1) is 5.56 Å². The lowest BCUT2D eigenvalue weighted by Crippen LogP contribution is -2.21. The fraction of sp³-hybridized carbons (Fsp3) is 0.0714. The molecule has 22 heavy (non-hydrogen) atoms. The van der Waals surface area contributed by atoms with E-state index in [1.807, 2.05) is 0 Å². The molecule has 0 unspecified atom stereocenters. The molecule has 0 N–H and O–H groups in total. The highest BCUT2D eigenvalue weighted by atomic mass is 19.4. The fourth-order valence-corrected chi connectivity index (χ4v) is 1.84. The SMILES string of the molecule is O=C(c1ccccc1)c1c(F)c(F)c(F)c(F)c1C(F)(F)F. The second-order valence-corrected chi connectivity index (χ2v) is 4.20. The predicted molar refractivity (Wildman–Crippen MR) is 61.2 cm³/mol. The lowest BCUT2D eigenvalue weighted by atomic mass is 9.96. The molecule has 8 heteroatoms. The van der Waals surface area contributed by atoms with Crippen LogP contribution in [0.2, 0.25) is 0 Å². The summed E-state index contributed by atoms with van der Waals surface area (Å²) in [5.41, 5.74) is -4.80. The van der Waals surface area contributed by atoms with E-state index >= 15 is 0 Å². The topological polar surface area (TPSA) is 17.1 Å². The smallest absolute Gasteiger partial charge is 0.288 e. The van der Waals surface area contributed by atoms with Gasteiger partial charge in [-0.2, -0.15) is 13.2 Å². The van der Waals surface area contributed by atoms with E-state index < -0.39 is 51.9 Å². The summed E-state index contributed by atoms with van der Waals surface area (Å²) in [5.74, 6) is -11.8. The highest BCUT2D eigenvalue weighted by Crippen LogP contribution is 2.38. The van der Waals surface area contributed by atoms with Crippen LogP contribution >= 0.6 is 0 Å². The Bertz CT molecular complexity index is 735. The Kier molecular flexibility index (Phi) is 3.95. The molecule has 2 aromatic carbocycles. The van der Waals surface area contributed by atoms with Gasteiger partial charge >= 0.3 is 6.18 Å². The molecule has 1 nitrogen and oxygen atoms in total. The Morgan fingerprint density at radius 3 is 1.77 bits per heavy atom. The maximum absolute atomic E-state index is 13.7. The maximum Gasteiger partial charge on any atom is 0.420 e. The van der Waals surface area contributed by atoms with E-state index in [0.29, 0.717) is 0 Å². The van der Waals surface area contributed by atoms with E-state index in [9.17, 15) is 35.5 Å². The first kappa shape index (κ1) is 16.0. The van der Waals surface area contributed by atoms with Crippen molar-refractivity contribution in [3.05, 3.63) is 70.3 Å². The normalized spacial score (nSPS) is 11.6. The van der Waals surface area contributed by atoms with Crippen molar-refractivity contribution in [3.63, 3.8) is 0 Å². The molecular weight excluding hydrogens is 317 g/mol. The Balaban J connectivity index is 2.83. The number of ketones is 1. The molecule has 0 bridgehead atoms. The van der Waals surface area contributed by atoms with Crippen LogP contribution in [-0.4, -0.2) is 5.78 Å². The number of hydrogen-bond acceptors (Lipinski definition) is 1. The van der Waals surface area contributed by atoms with Crippen LogP contribution in [0.4, 0.5) is 30.7 Å². The summed E-state index contributed by atoms with van der Waals surface area (Å²) in [6.07, 6.45) is -5.58. The molecule has 0 saturated heterocycles. The average Bonchev–Trinajstić information content (AvgIpc) is 2.47. The van der Waals surface area contributed by atoms with Gasteiger partial charge in [0.15, 0.2) is 29.1 Å². The van der Waals surface area contributed by atoms with Crippen LogP contribution < -0.4 is 0 Å².